The predicted molar refractivity (Wildman–Crippen MR) is 53.8 cm³/mol. The van der Waals surface area contributed by atoms with Gasteiger partial charge in [0.05, 0.1) is 5.60 Å². The Morgan fingerprint density at radius 2 is 2.29 bits per heavy atom. The van der Waals surface area contributed by atoms with Gasteiger partial charge in [-0.05, 0) is 20.8 Å². The van der Waals surface area contributed by atoms with Crippen LogP contribution in [-0.2, 0) is 6.42 Å². The Bertz CT molecular complexity index is 293. The van der Waals surface area contributed by atoms with E-state index in [1.165, 1.54) is 6.33 Å². The van der Waals surface area contributed by atoms with Crippen LogP contribution in [0.25, 0.3) is 0 Å². The second-order valence-electron chi connectivity index (χ2n) is 4.09. The number of hydrogen-bond acceptors (Lipinski definition) is 4. The van der Waals surface area contributed by atoms with Gasteiger partial charge < -0.3 is 10.8 Å². The minimum atomic E-state index is -0.903. The van der Waals surface area contributed by atoms with Crippen molar-refractivity contribution < 1.29 is 5.11 Å². The fourth-order valence-electron chi connectivity index (χ4n) is 1.24. The Labute approximate surface area is 83.9 Å². The van der Waals surface area contributed by atoms with Crippen LogP contribution >= 0.6 is 0 Å². The lowest BCUT2D eigenvalue weighted by Gasteiger charge is -2.21. The molecule has 1 rings (SSSR count). The van der Waals surface area contributed by atoms with Crippen LogP contribution in [0.2, 0.25) is 0 Å². The van der Waals surface area contributed by atoms with Crippen LogP contribution in [0.4, 0.5) is 0 Å². The molecule has 0 radical (unpaired) electrons. The Balaban J connectivity index is 2.81. The number of aromatic nitrogens is 3. The molecule has 0 spiro atoms. The zero-order chi connectivity index (χ0) is 10.8. The summed E-state index contributed by atoms with van der Waals surface area (Å²) in [4.78, 5) is 4.11. The first-order valence-corrected chi connectivity index (χ1v) is 4.77. The molecule has 0 saturated carbocycles. The minimum Gasteiger partial charge on any atom is -0.388 e. The average Bonchev–Trinajstić information content (AvgIpc) is 2.51. The van der Waals surface area contributed by atoms with E-state index < -0.39 is 5.60 Å². The van der Waals surface area contributed by atoms with Gasteiger partial charge in [0.2, 0.25) is 0 Å². The van der Waals surface area contributed by atoms with Crippen LogP contribution in [0.1, 0.15) is 32.6 Å². The van der Waals surface area contributed by atoms with Crippen molar-refractivity contribution in [2.24, 2.45) is 5.73 Å². The summed E-state index contributed by atoms with van der Waals surface area (Å²) >= 11 is 0. The molecule has 1 atom stereocenters. The smallest absolute Gasteiger partial charge is 0.138 e. The predicted octanol–water partition coefficient (Wildman–Crippen LogP) is 0.111. The summed E-state index contributed by atoms with van der Waals surface area (Å²) < 4.78 is 1.80. The molecular weight excluding hydrogens is 180 g/mol. The van der Waals surface area contributed by atoms with Gasteiger partial charge in [0.15, 0.2) is 0 Å². The van der Waals surface area contributed by atoms with E-state index in [4.69, 9.17) is 5.73 Å². The van der Waals surface area contributed by atoms with Gasteiger partial charge in [-0.1, -0.05) is 0 Å². The Morgan fingerprint density at radius 3 is 2.79 bits per heavy atom. The largest absolute Gasteiger partial charge is 0.388 e. The molecule has 5 nitrogen and oxygen atoms in total. The lowest BCUT2D eigenvalue weighted by atomic mass is 10.0. The molecule has 1 aromatic rings. The maximum absolute atomic E-state index is 9.80. The van der Waals surface area contributed by atoms with E-state index in [0.717, 1.165) is 5.82 Å². The van der Waals surface area contributed by atoms with Crippen molar-refractivity contribution in [3.05, 3.63) is 12.2 Å². The van der Waals surface area contributed by atoms with Crippen LogP contribution in [0.15, 0.2) is 6.33 Å². The first-order valence-electron chi connectivity index (χ1n) is 4.77. The lowest BCUT2D eigenvalue weighted by molar-refractivity contribution is 0.0660. The third-order valence-electron chi connectivity index (χ3n) is 2.12. The summed E-state index contributed by atoms with van der Waals surface area (Å²) in [5.74, 6) is 0.774. The molecule has 0 fully saturated rings. The van der Waals surface area contributed by atoms with Crippen LogP contribution < -0.4 is 5.73 Å². The highest BCUT2D eigenvalue weighted by molar-refractivity contribution is 4.94. The number of aliphatic hydroxyl groups is 1. The number of rotatable bonds is 4. The molecule has 0 aliphatic heterocycles. The summed E-state index contributed by atoms with van der Waals surface area (Å²) in [5.41, 5.74) is 4.54. The molecule has 80 valence electrons. The molecule has 1 aromatic heterocycles. The van der Waals surface area contributed by atoms with Crippen molar-refractivity contribution in [3.8, 4) is 0 Å². The maximum atomic E-state index is 9.80. The van der Waals surface area contributed by atoms with E-state index in [2.05, 4.69) is 10.1 Å². The van der Waals surface area contributed by atoms with Crippen LogP contribution in [-0.4, -0.2) is 32.0 Å². The van der Waals surface area contributed by atoms with Gasteiger partial charge in [-0.2, -0.15) is 5.10 Å². The molecule has 0 aromatic carbocycles. The summed E-state index contributed by atoms with van der Waals surface area (Å²) in [6.45, 7) is 5.97. The number of hydrogen-bond donors (Lipinski definition) is 2. The fraction of sp³-hybridized carbons (Fsp3) is 0.778. The number of nitrogens with zero attached hydrogens (tertiary/aromatic N) is 3. The molecule has 5 heteroatoms. The second kappa shape index (κ2) is 4.06. The van der Waals surface area contributed by atoms with E-state index in [-0.39, 0.29) is 12.6 Å². The average molecular weight is 198 g/mol. The fourth-order valence-corrected chi connectivity index (χ4v) is 1.24. The van der Waals surface area contributed by atoms with Crippen LogP contribution in [0.3, 0.4) is 0 Å². The lowest BCUT2D eigenvalue weighted by Crippen LogP contribution is -2.37. The van der Waals surface area contributed by atoms with Crippen LogP contribution in [0.5, 0.6) is 0 Å². The topological polar surface area (TPSA) is 77.0 Å². The summed E-state index contributed by atoms with van der Waals surface area (Å²) in [5, 5.41) is 13.9. The SMILES string of the molecule is CC(C)n1ncnc1CC(C)(O)CN. The summed E-state index contributed by atoms with van der Waals surface area (Å²) in [6, 6.07) is 0.251. The van der Waals surface area contributed by atoms with Crippen LogP contribution in [0, 0.1) is 0 Å². The van der Waals surface area contributed by atoms with Crippen molar-refractivity contribution >= 4 is 0 Å². The third-order valence-corrected chi connectivity index (χ3v) is 2.12. The molecule has 0 amide bonds. The van der Waals surface area contributed by atoms with Gasteiger partial charge in [-0.25, -0.2) is 9.67 Å². The zero-order valence-electron chi connectivity index (χ0n) is 8.94. The van der Waals surface area contributed by atoms with E-state index in [1.807, 2.05) is 13.8 Å². The molecule has 14 heavy (non-hydrogen) atoms. The van der Waals surface area contributed by atoms with E-state index in [1.54, 1.807) is 11.6 Å². The van der Waals surface area contributed by atoms with Gasteiger partial charge in [0, 0.05) is 19.0 Å². The minimum absolute atomic E-state index is 0.220. The highest BCUT2D eigenvalue weighted by Crippen LogP contribution is 2.12. The standard InChI is InChI=1S/C9H18N4O/c1-7(2)13-8(11-6-12-13)4-9(3,14)5-10/h6-7,14H,4-5,10H2,1-3H3. The van der Waals surface area contributed by atoms with Crippen molar-refractivity contribution in [2.75, 3.05) is 6.54 Å². The summed E-state index contributed by atoms with van der Waals surface area (Å²) in [6.07, 6.45) is 1.93. The summed E-state index contributed by atoms with van der Waals surface area (Å²) in [7, 11) is 0. The zero-order valence-corrected chi connectivity index (χ0v) is 8.94. The molecule has 0 saturated heterocycles. The van der Waals surface area contributed by atoms with Crippen molar-refractivity contribution in [2.45, 2.75) is 38.8 Å². The normalized spacial score (nSPS) is 15.9. The Hall–Kier alpha value is -0.940. The van der Waals surface area contributed by atoms with Crippen molar-refractivity contribution in [1.29, 1.82) is 0 Å². The van der Waals surface area contributed by atoms with E-state index in [0.29, 0.717) is 6.42 Å². The molecular formula is C9H18N4O. The number of nitrogens with two attached hydrogens (primary N) is 1. The molecule has 0 aliphatic rings. The molecule has 1 heterocycles. The maximum Gasteiger partial charge on any atom is 0.138 e. The third kappa shape index (κ3) is 2.52. The van der Waals surface area contributed by atoms with Gasteiger partial charge in [0.25, 0.3) is 0 Å². The van der Waals surface area contributed by atoms with Gasteiger partial charge >= 0.3 is 0 Å². The monoisotopic (exact) mass is 198 g/mol. The van der Waals surface area contributed by atoms with Crippen molar-refractivity contribution in [1.82, 2.24) is 14.8 Å². The van der Waals surface area contributed by atoms with Gasteiger partial charge in [0.1, 0.15) is 12.2 Å². The van der Waals surface area contributed by atoms with E-state index >= 15 is 0 Å². The Kier molecular flexibility index (Phi) is 3.23. The first-order chi connectivity index (χ1) is 6.46. The highest BCUT2D eigenvalue weighted by Gasteiger charge is 2.22. The first kappa shape index (κ1) is 11.1. The van der Waals surface area contributed by atoms with Crippen molar-refractivity contribution in [3.63, 3.8) is 0 Å². The second-order valence-corrected chi connectivity index (χ2v) is 4.09. The Morgan fingerprint density at radius 1 is 1.64 bits per heavy atom. The molecule has 3 N–H and O–H groups in total. The quantitative estimate of drug-likeness (QED) is 0.720. The molecule has 1 unspecified atom stereocenters. The molecule has 0 aliphatic carbocycles. The van der Waals surface area contributed by atoms with Gasteiger partial charge in [-0.15, -0.1) is 0 Å². The van der Waals surface area contributed by atoms with Gasteiger partial charge in [-0.3, -0.25) is 0 Å². The highest BCUT2D eigenvalue weighted by atomic mass is 16.3. The molecule has 0 bridgehead atoms. The van der Waals surface area contributed by atoms with E-state index in [9.17, 15) is 5.11 Å².